The first-order chi connectivity index (χ1) is 18.3. The summed E-state index contributed by atoms with van der Waals surface area (Å²) in [6, 6.07) is 21.0. The minimum Gasteiger partial charge on any atom is -0.359 e. The molecule has 3 aliphatic rings. The minimum absolute atomic E-state index is 0.183. The van der Waals surface area contributed by atoms with Crippen LogP contribution in [0.4, 0.5) is 5.69 Å². The number of Topliss-reactive ketones (excluding diaryl/α,β-unsaturated/α-hetero) is 2. The molecule has 7 heteroatoms. The quantitative estimate of drug-likeness (QED) is 0.347. The van der Waals surface area contributed by atoms with Crippen LogP contribution in [0, 0.1) is 18.8 Å². The van der Waals surface area contributed by atoms with Crippen molar-refractivity contribution < 1.29 is 19.2 Å². The Balaban J connectivity index is 1.43. The summed E-state index contributed by atoms with van der Waals surface area (Å²) in [7, 11) is 0. The normalized spacial score (nSPS) is 23.8. The summed E-state index contributed by atoms with van der Waals surface area (Å²) in [6.45, 7) is 1.93. The van der Waals surface area contributed by atoms with Crippen molar-refractivity contribution in [2.24, 2.45) is 11.8 Å². The molecule has 6 rings (SSSR count). The molecule has 0 aliphatic carbocycles. The molecular formula is C31H23ClN2O4. The summed E-state index contributed by atoms with van der Waals surface area (Å²) in [5.41, 5.74) is 2.82. The summed E-state index contributed by atoms with van der Waals surface area (Å²) in [4.78, 5) is 57.7. The molecule has 0 saturated carbocycles. The van der Waals surface area contributed by atoms with E-state index in [1.807, 2.05) is 25.1 Å². The van der Waals surface area contributed by atoms with Gasteiger partial charge in [-0.2, -0.15) is 0 Å². The Bertz CT molecular complexity index is 1530. The molecule has 0 bridgehead atoms. The van der Waals surface area contributed by atoms with E-state index in [9.17, 15) is 19.2 Å². The molecule has 0 aromatic heterocycles. The van der Waals surface area contributed by atoms with E-state index >= 15 is 0 Å². The van der Waals surface area contributed by atoms with Gasteiger partial charge in [0.1, 0.15) is 6.04 Å². The number of imide groups is 1. The van der Waals surface area contributed by atoms with Gasteiger partial charge in [0.05, 0.1) is 23.6 Å². The third-order valence-corrected chi connectivity index (χ3v) is 7.79. The summed E-state index contributed by atoms with van der Waals surface area (Å²) < 4.78 is 0. The van der Waals surface area contributed by atoms with Crippen LogP contribution in [0.3, 0.4) is 0 Å². The topological polar surface area (TPSA) is 74.8 Å². The van der Waals surface area contributed by atoms with E-state index in [0.717, 1.165) is 5.56 Å². The summed E-state index contributed by atoms with van der Waals surface area (Å²) >= 11 is 6.03. The van der Waals surface area contributed by atoms with E-state index < -0.39 is 29.8 Å². The van der Waals surface area contributed by atoms with Gasteiger partial charge in [-0.05, 0) is 49.4 Å². The lowest BCUT2D eigenvalue weighted by Gasteiger charge is -2.32. The second kappa shape index (κ2) is 9.23. The standard InChI is InChI=1S/C31H23ClN2O4/c1-18-7-13-23(14-8-18)34-30(37)25-24-17-21(28(35)19-5-3-2-4-6-19)15-16-33(24)27(26(25)31(34)38)29(36)20-9-11-22(32)12-10-20/h2-17,24-27H,1H3/t24-,25-,26-,27+/m1/s1. The lowest BCUT2D eigenvalue weighted by Crippen LogP contribution is -2.46. The lowest BCUT2D eigenvalue weighted by atomic mass is 9.85. The Morgan fingerprint density at radius 2 is 1.45 bits per heavy atom. The summed E-state index contributed by atoms with van der Waals surface area (Å²) in [5.74, 6) is -2.95. The van der Waals surface area contributed by atoms with Crippen LogP contribution in [0.15, 0.2) is 103 Å². The zero-order valence-electron chi connectivity index (χ0n) is 20.5. The smallest absolute Gasteiger partial charge is 0.240 e. The number of amides is 2. The number of rotatable bonds is 5. The molecule has 2 amide bonds. The molecular weight excluding hydrogens is 500 g/mol. The lowest BCUT2D eigenvalue weighted by molar-refractivity contribution is -0.123. The highest BCUT2D eigenvalue weighted by Crippen LogP contribution is 2.47. The number of ketones is 2. The largest absolute Gasteiger partial charge is 0.359 e. The van der Waals surface area contributed by atoms with E-state index in [1.54, 1.807) is 83.9 Å². The zero-order chi connectivity index (χ0) is 26.6. The molecule has 38 heavy (non-hydrogen) atoms. The van der Waals surface area contributed by atoms with Gasteiger partial charge in [-0.1, -0.05) is 65.7 Å². The number of benzene rings is 3. The third kappa shape index (κ3) is 3.80. The van der Waals surface area contributed by atoms with Gasteiger partial charge in [-0.25, -0.2) is 4.90 Å². The number of carbonyl (C=O) groups is 4. The molecule has 3 aliphatic heterocycles. The van der Waals surface area contributed by atoms with Gasteiger partial charge in [-0.3, -0.25) is 19.2 Å². The van der Waals surface area contributed by atoms with Crippen molar-refractivity contribution in [3.05, 3.63) is 125 Å². The van der Waals surface area contributed by atoms with E-state index in [0.29, 0.717) is 27.4 Å². The molecule has 6 nitrogen and oxygen atoms in total. The number of anilines is 1. The highest BCUT2D eigenvalue weighted by atomic mass is 35.5. The first kappa shape index (κ1) is 24.1. The predicted octanol–water partition coefficient (Wildman–Crippen LogP) is 5.03. The average molecular weight is 523 g/mol. The average Bonchev–Trinajstić information content (AvgIpc) is 3.41. The highest BCUT2D eigenvalue weighted by Gasteiger charge is 2.63. The maximum absolute atomic E-state index is 13.9. The van der Waals surface area contributed by atoms with E-state index in [2.05, 4.69) is 0 Å². The number of halogens is 1. The SMILES string of the molecule is Cc1ccc(N2C(=O)[C@@H]3[C@H](C2=O)[C@H]2C=C(C(=O)c4ccccc4)C=CN2[C@@H]3C(=O)c2ccc(Cl)cc2)cc1. The van der Waals surface area contributed by atoms with E-state index in [4.69, 9.17) is 11.6 Å². The second-order valence-electron chi connectivity index (χ2n) is 9.79. The number of aryl methyl sites for hydroxylation is 1. The molecule has 2 fully saturated rings. The van der Waals surface area contributed by atoms with Crippen LogP contribution in [0.25, 0.3) is 0 Å². The fourth-order valence-corrected chi connectivity index (χ4v) is 5.81. The molecule has 0 spiro atoms. The Hall–Kier alpha value is -4.29. The van der Waals surface area contributed by atoms with Crippen molar-refractivity contribution in [1.82, 2.24) is 4.90 Å². The Kier molecular flexibility index (Phi) is 5.84. The maximum Gasteiger partial charge on any atom is 0.240 e. The van der Waals surface area contributed by atoms with Crippen molar-refractivity contribution in [2.75, 3.05) is 4.90 Å². The van der Waals surface area contributed by atoms with Crippen LogP contribution >= 0.6 is 11.6 Å². The van der Waals surface area contributed by atoms with E-state index in [1.165, 1.54) is 4.90 Å². The molecule has 3 heterocycles. The Morgan fingerprint density at radius 3 is 2.13 bits per heavy atom. The molecule has 2 saturated heterocycles. The monoisotopic (exact) mass is 522 g/mol. The van der Waals surface area contributed by atoms with Crippen LogP contribution in [-0.2, 0) is 9.59 Å². The molecule has 0 unspecified atom stereocenters. The van der Waals surface area contributed by atoms with Crippen LogP contribution in [-0.4, -0.2) is 40.4 Å². The van der Waals surface area contributed by atoms with Crippen LogP contribution in [0.5, 0.6) is 0 Å². The Morgan fingerprint density at radius 1 is 0.789 bits per heavy atom. The van der Waals surface area contributed by atoms with Gasteiger partial charge in [0.15, 0.2) is 11.6 Å². The van der Waals surface area contributed by atoms with Crippen LogP contribution < -0.4 is 4.90 Å². The van der Waals surface area contributed by atoms with Crippen molar-refractivity contribution in [3.8, 4) is 0 Å². The minimum atomic E-state index is -0.904. The van der Waals surface area contributed by atoms with Crippen molar-refractivity contribution in [2.45, 2.75) is 19.0 Å². The third-order valence-electron chi connectivity index (χ3n) is 7.54. The van der Waals surface area contributed by atoms with Gasteiger partial charge in [0.2, 0.25) is 11.8 Å². The number of fused-ring (bicyclic) bond motifs is 3. The Labute approximate surface area is 224 Å². The fourth-order valence-electron chi connectivity index (χ4n) is 5.69. The molecule has 4 atom stereocenters. The summed E-state index contributed by atoms with van der Waals surface area (Å²) in [6.07, 6.45) is 5.06. The first-order valence-electron chi connectivity index (χ1n) is 12.4. The highest BCUT2D eigenvalue weighted by molar-refractivity contribution is 6.30. The predicted molar refractivity (Wildman–Crippen MR) is 144 cm³/mol. The molecule has 3 aromatic rings. The molecule has 0 radical (unpaired) electrons. The second-order valence-corrected chi connectivity index (χ2v) is 10.2. The van der Waals surface area contributed by atoms with Crippen LogP contribution in [0.1, 0.15) is 26.3 Å². The van der Waals surface area contributed by atoms with Crippen molar-refractivity contribution in [1.29, 1.82) is 0 Å². The fraction of sp³-hybridized carbons (Fsp3) is 0.161. The number of hydrogen-bond donors (Lipinski definition) is 0. The molecule has 3 aromatic carbocycles. The van der Waals surface area contributed by atoms with Gasteiger partial charge in [0.25, 0.3) is 0 Å². The van der Waals surface area contributed by atoms with Gasteiger partial charge in [-0.15, -0.1) is 0 Å². The zero-order valence-corrected chi connectivity index (χ0v) is 21.2. The summed E-state index contributed by atoms with van der Waals surface area (Å²) in [5, 5.41) is 0.492. The maximum atomic E-state index is 13.9. The molecule has 188 valence electrons. The molecule has 0 N–H and O–H groups in total. The first-order valence-corrected chi connectivity index (χ1v) is 12.7. The van der Waals surface area contributed by atoms with Gasteiger partial charge < -0.3 is 4.90 Å². The van der Waals surface area contributed by atoms with Gasteiger partial charge in [0, 0.05) is 27.9 Å². The van der Waals surface area contributed by atoms with Crippen LogP contribution in [0.2, 0.25) is 5.02 Å². The van der Waals surface area contributed by atoms with Gasteiger partial charge >= 0.3 is 0 Å². The number of hydrogen-bond acceptors (Lipinski definition) is 5. The van der Waals surface area contributed by atoms with E-state index in [-0.39, 0.29) is 17.5 Å². The van der Waals surface area contributed by atoms with Crippen molar-refractivity contribution in [3.63, 3.8) is 0 Å². The number of allylic oxidation sites excluding steroid dienone is 2. The van der Waals surface area contributed by atoms with Crippen molar-refractivity contribution >= 4 is 40.7 Å². The number of nitrogens with zero attached hydrogens (tertiary/aromatic N) is 2. The number of carbonyl (C=O) groups excluding carboxylic acids is 4.